The van der Waals surface area contributed by atoms with Crippen molar-refractivity contribution in [1.82, 2.24) is 10.3 Å². The third-order valence-corrected chi connectivity index (χ3v) is 1.82. The summed E-state index contributed by atoms with van der Waals surface area (Å²) in [7, 11) is 3.55. The van der Waals surface area contributed by atoms with Crippen LogP contribution in [0.25, 0.3) is 0 Å². The number of ether oxygens (including phenoxy) is 2. The van der Waals surface area contributed by atoms with E-state index in [9.17, 15) is 0 Å². The zero-order chi connectivity index (χ0) is 11.5. The Morgan fingerprint density at radius 3 is 2.73 bits per heavy atom. The SMILES string of the molecule is CCOCCN(C)C(=NCCOC)NN. The summed E-state index contributed by atoms with van der Waals surface area (Å²) in [6.45, 7) is 5.29. The van der Waals surface area contributed by atoms with Crippen LogP contribution in [0, 0.1) is 0 Å². The highest BCUT2D eigenvalue weighted by atomic mass is 16.5. The largest absolute Gasteiger partial charge is 0.383 e. The first-order chi connectivity index (χ1) is 7.26. The molecule has 0 atom stereocenters. The van der Waals surface area contributed by atoms with Crippen LogP contribution >= 0.6 is 0 Å². The van der Waals surface area contributed by atoms with E-state index in [1.807, 2.05) is 18.9 Å². The van der Waals surface area contributed by atoms with Gasteiger partial charge in [0.15, 0.2) is 0 Å². The van der Waals surface area contributed by atoms with Crippen LogP contribution in [0.1, 0.15) is 6.92 Å². The zero-order valence-electron chi connectivity index (χ0n) is 9.82. The monoisotopic (exact) mass is 218 g/mol. The van der Waals surface area contributed by atoms with Crippen LogP contribution in [0.15, 0.2) is 4.99 Å². The lowest BCUT2D eigenvalue weighted by molar-refractivity contribution is 0.136. The lowest BCUT2D eigenvalue weighted by Gasteiger charge is -2.20. The Hall–Kier alpha value is -0.850. The molecule has 0 aliphatic carbocycles. The van der Waals surface area contributed by atoms with Crippen molar-refractivity contribution in [3.8, 4) is 0 Å². The molecule has 6 heteroatoms. The first-order valence-corrected chi connectivity index (χ1v) is 5.05. The van der Waals surface area contributed by atoms with E-state index in [2.05, 4.69) is 10.4 Å². The van der Waals surface area contributed by atoms with Crippen LogP contribution in [0.4, 0.5) is 0 Å². The lowest BCUT2D eigenvalue weighted by Crippen LogP contribution is -2.44. The Kier molecular flexibility index (Phi) is 9.15. The summed E-state index contributed by atoms with van der Waals surface area (Å²) in [6.07, 6.45) is 0. The Balaban J connectivity index is 3.86. The van der Waals surface area contributed by atoms with E-state index in [1.165, 1.54) is 0 Å². The molecule has 0 unspecified atom stereocenters. The predicted octanol–water partition coefficient (Wildman–Crippen LogP) is -0.580. The van der Waals surface area contributed by atoms with E-state index in [1.54, 1.807) is 7.11 Å². The topological polar surface area (TPSA) is 72.1 Å². The number of aliphatic imine (C=N–C) groups is 1. The maximum atomic E-state index is 5.36. The minimum absolute atomic E-state index is 0.588. The molecule has 0 aliphatic heterocycles. The van der Waals surface area contributed by atoms with Crippen LogP contribution < -0.4 is 11.3 Å². The maximum Gasteiger partial charge on any atom is 0.208 e. The van der Waals surface area contributed by atoms with Crippen molar-refractivity contribution < 1.29 is 9.47 Å². The molecule has 90 valence electrons. The van der Waals surface area contributed by atoms with Gasteiger partial charge < -0.3 is 14.4 Å². The smallest absolute Gasteiger partial charge is 0.208 e. The third kappa shape index (κ3) is 7.12. The minimum Gasteiger partial charge on any atom is -0.383 e. The number of hydrazine groups is 1. The highest BCUT2D eigenvalue weighted by Gasteiger charge is 2.03. The molecule has 3 N–H and O–H groups in total. The number of nitrogens with two attached hydrogens (primary N) is 1. The van der Waals surface area contributed by atoms with Gasteiger partial charge in [-0.1, -0.05) is 0 Å². The number of rotatable bonds is 7. The maximum absolute atomic E-state index is 5.36. The summed E-state index contributed by atoms with van der Waals surface area (Å²) in [5, 5.41) is 0. The number of hydrogen-bond donors (Lipinski definition) is 2. The van der Waals surface area contributed by atoms with Gasteiger partial charge in [-0.25, -0.2) is 10.8 Å². The number of nitrogens with zero attached hydrogens (tertiary/aromatic N) is 2. The molecule has 0 aromatic rings. The lowest BCUT2D eigenvalue weighted by atomic mass is 10.6. The van der Waals surface area contributed by atoms with Crippen LogP contribution in [-0.4, -0.2) is 57.9 Å². The van der Waals surface area contributed by atoms with Gasteiger partial charge in [0.25, 0.3) is 0 Å². The zero-order valence-corrected chi connectivity index (χ0v) is 9.82. The molecule has 0 saturated carbocycles. The molecular formula is C9H22N4O2. The summed E-state index contributed by atoms with van der Waals surface area (Å²) >= 11 is 0. The average molecular weight is 218 g/mol. The average Bonchev–Trinajstić information content (AvgIpc) is 2.24. The van der Waals surface area contributed by atoms with Crippen molar-refractivity contribution in [2.24, 2.45) is 10.8 Å². The number of likely N-dealkylation sites (N-methyl/N-ethyl adjacent to an activating group) is 1. The second-order valence-corrected chi connectivity index (χ2v) is 2.96. The molecular weight excluding hydrogens is 196 g/mol. The molecule has 0 spiro atoms. The molecule has 0 aliphatic rings. The van der Waals surface area contributed by atoms with Gasteiger partial charge in [0.05, 0.1) is 19.8 Å². The van der Waals surface area contributed by atoms with E-state index in [4.69, 9.17) is 15.3 Å². The highest BCUT2D eigenvalue weighted by molar-refractivity contribution is 5.79. The molecule has 6 nitrogen and oxygen atoms in total. The molecule has 0 aromatic heterocycles. The molecule has 0 heterocycles. The fraction of sp³-hybridized carbons (Fsp3) is 0.889. The van der Waals surface area contributed by atoms with Crippen molar-refractivity contribution in [2.45, 2.75) is 6.92 Å². The van der Waals surface area contributed by atoms with Crippen molar-refractivity contribution >= 4 is 5.96 Å². The van der Waals surface area contributed by atoms with Gasteiger partial charge in [0.1, 0.15) is 0 Å². The van der Waals surface area contributed by atoms with Crippen molar-refractivity contribution in [1.29, 1.82) is 0 Å². The fourth-order valence-corrected chi connectivity index (χ4v) is 0.971. The Bertz CT molecular complexity index is 175. The minimum atomic E-state index is 0.588. The number of guanidine groups is 1. The van der Waals surface area contributed by atoms with Gasteiger partial charge in [-0.05, 0) is 6.92 Å². The quantitative estimate of drug-likeness (QED) is 0.197. The van der Waals surface area contributed by atoms with Crippen molar-refractivity contribution in [3.63, 3.8) is 0 Å². The molecule has 0 bridgehead atoms. The van der Waals surface area contributed by atoms with Gasteiger partial charge in [-0.2, -0.15) is 0 Å². The Morgan fingerprint density at radius 2 is 2.20 bits per heavy atom. The van der Waals surface area contributed by atoms with Crippen molar-refractivity contribution in [3.05, 3.63) is 0 Å². The van der Waals surface area contributed by atoms with Gasteiger partial charge in [0, 0.05) is 27.3 Å². The first-order valence-electron chi connectivity index (χ1n) is 5.05. The predicted molar refractivity (Wildman–Crippen MR) is 60.6 cm³/mol. The number of methoxy groups -OCH3 is 1. The second-order valence-electron chi connectivity index (χ2n) is 2.96. The fourth-order valence-electron chi connectivity index (χ4n) is 0.971. The molecule has 0 fully saturated rings. The van der Waals surface area contributed by atoms with E-state index < -0.39 is 0 Å². The first kappa shape index (κ1) is 14.2. The van der Waals surface area contributed by atoms with E-state index in [0.29, 0.717) is 25.7 Å². The number of nitrogens with one attached hydrogen (secondary N) is 1. The van der Waals surface area contributed by atoms with E-state index >= 15 is 0 Å². The second kappa shape index (κ2) is 9.70. The summed E-state index contributed by atoms with van der Waals surface area (Å²) in [5.74, 6) is 6.00. The number of hydrogen-bond acceptors (Lipinski definition) is 4. The molecule has 0 amide bonds. The molecule has 0 saturated heterocycles. The van der Waals surface area contributed by atoms with E-state index in [-0.39, 0.29) is 0 Å². The Morgan fingerprint density at radius 1 is 1.47 bits per heavy atom. The summed E-state index contributed by atoms with van der Waals surface area (Å²) in [5.41, 5.74) is 2.55. The molecule has 0 aromatic carbocycles. The van der Waals surface area contributed by atoms with Gasteiger partial charge in [-0.3, -0.25) is 5.43 Å². The van der Waals surface area contributed by atoms with Gasteiger partial charge in [-0.15, -0.1) is 0 Å². The molecule has 0 rings (SSSR count). The van der Waals surface area contributed by atoms with Crippen LogP contribution in [0.3, 0.4) is 0 Å². The van der Waals surface area contributed by atoms with Gasteiger partial charge in [0.2, 0.25) is 5.96 Å². The van der Waals surface area contributed by atoms with Crippen molar-refractivity contribution in [2.75, 3.05) is 47.1 Å². The van der Waals surface area contributed by atoms with Crippen LogP contribution in [0.5, 0.6) is 0 Å². The summed E-state index contributed by atoms with van der Waals surface area (Å²) in [4.78, 5) is 6.14. The summed E-state index contributed by atoms with van der Waals surface area (Å²) in [6, 6.07) is 0. The van der Waals surface area contributed by atoms with Crippen LogP contribution in [0.2, 0.25) is 0 Å². The molecule has 0 radical (unpaired) electrons. The normalized spacial score (nSPS) is 11.6. The van der Waals surface area contributed by atoms with E-state index in [0.717, 1.165) is 13.2 Å². The Labute approximate surface area is 91.4 Å². The third-order valence-electron chi connectivity index (χ3n) is 1.82. The van der Waals surface area contributed by atoms with Gasteiger partial charge >= 0.3 is 0 Å². The standard InChI is InChI=1S/C9H22N4O2/c1-4-15-8-6-13(2)9(12-10)11-5-7-14-3/h4-8,10H2,1-3H3,(H,11,12). The summed E-state index contributed by atoms with van der Waals surface area (Å²) < 4.78 is 10.1. The van der Waals surface area contributed by atoms with Crippen LogP contribution in [-0.2, 0) is 9.47 Å². The molecule has 15 heavy (non-hydrogen) atoms. The highest BCUT2D eigenvalue weighted by Crippen LogP contribution is 1.86.